The number of anilines is 1. The van der Waals surface area contributed by atoms with Gasteiger partial charge in [0.05, 0.1) is 21.6 Å². The van der Waals surface area contributed by atoms with Gasteiger partial charge in [-0.25, -0.2) is 0 Å². The van der Waals surface area contributed by atoms with Crippen LogP contribution in [0.2, 0.25) is 10.0 Å². The van der Waals surface area contributed by atoms with Gasteiger partial charge in [-0.05, 0) is 43.2 Å². The molecule has 0 bridgehead atoms. The van der Waals surface area contributed by atoms with Gasteiger partial charge in [0, 0.05) is 18.0 Å². The first-order valence-corrected chi connectivity index (χ1v) is 12.8. The van der Waals surface area contributed by atoms with Crippen LogP contribution in [0.25, 0.3) is 0 Å². The molecule has 168 valence electrons. The molecule has 0 aliphatic heterocycles. The van der Waals surface area contributed by atoms with E-state index in [-0.39, 0.29) is 11.7 Å². The van der Waals surface area contributed by atoms with Crippen LogP contribution in [0.1, 0.15) is 22.5 Å². The third kappa shape index (κ3) is 6.78. The van der Waals surface area contributed by atoms with Crippen molar-refractivity contribution in [1.82, 2.24) is 14.8 Å². The van der Waals surface area contributed by atoms with E-state index in [4.69, 9.17) is 23.2 Å². The van der Waals surface area contributed by atoms with Crippen LogP contribution >= 0.6 is 46.7 Å². The number of thioether (sulfide) groups is 2. The van der Waals surface area contributed by atoms with Crippen LogP contribution < -0.4 is 5.32 Å². The second-order valence-electron chi connectivity index (χ2n) is 7.19. The standard InChI is InChI=1S/C23H24Cl2N4OS2/c1-4-9-29-21(13-31-12-17-6-7-18(24)19(25)11-17)27-28-23(29)32-14-22(30)26-20-8-5-15(2)10-16(20)3/h4-8,10-11H,1,9,12-14H2,2-3H3,(H,26,30). The first-order valence-electron chi connectivity index (χ1n) is 9.92. The lowest BCUT2D eigenvalue weighted by atomic mass is 10.1. The van der Waals surface area contributed by atoms with Crippen molar-refractivity contribution in [2.24, 2.45) is 0 Å². The number of nitrogens with one attached hydrogen (secondary N) is 1. The van der Waals surface area contributed by atoms with E-state index >= 15 is 0 Å². The van der Waals surface area contributed by atoms with Gasteiger partial charge in [-0.15, -0.1) is 28.5 Å². The molecule has 1 N–H and O–H groups in total. The Morgan fingerprint density at radius 2 is 1.94 bits per heavy atom. The molecular formula is C23H24Cl2N4OS2. The number of aromatic nitrogens is 3. The average molecular weight is 508 g/mol. The highest BCUT2D eigenvalue weighted by Gasteiger charge is 2.14. The molecule has 5 nitrogen and oxygen atoms in total. The van der Waals surface area contributed by atoms with Gasteiger partial charge in [-0.1, -0.05) is 64.8 Å². The Morgan fingerprint density at radius 3 is 2.66 bits per heavy atom. The zero-order chi connectivity index (χ0) is 23.1. The third-order valence-corrected chi connectivity index (χ3v) is 7.28. The Balaban J connectivity index is 1.58. The molecule has 0 radical (unpaired) electrons. The van der Waals surface area contributed by atoms with Crippen LogP contribution in [-0.4, -0.2) is 26.4 Å². The summed E-state index contributed by atoms with van der Waals surface area (Å²) in [6.45, 7) is 8.43. The molecule has 3 rings (SSSR count). The molecule has 0 aliphatic rings. The minimum absolute atomic E-state index is 0.0781. The maximum absolute atomic E-state index is 12.4. The second-order valence-corrected chi connectivity index (χ2v) is 9.94. The van der Waals surface area contributed by atoms with Gasteiger partial charge >= 0.3 is 0 Å². The highest BCUT2D eigenvalue weighted by Crippen LogP contribution is 2.26. The van der Waals surface area contributed by atoms with Gasteiger partial charge in [-0.2, -0.15) is 0 Å². The Morgan fingerprint density at radius 1 is 1.12 bits per heavy atom. The van der Waals surface area contributed by atoms with Crippen molar-refractivity contribution < 1.29 is 4.79 Å². The third-order valence-electron chi connectivity index (χ3n) is 4.58. The predicted molar refractivity (Wildman–Crippen MR) is 137 cm³/mol. The number of carbonyl (C=O) groups excluding carboxylic acids is 1. The smallest absolute Gasteiger partial charge is 0.234 e. The molecule has 1 amide bonds. The molecule has 0 saturated carbocycles. The number of aryl methyl sites for hydroxylation is 2. The summed E-state index contributed by atoms with van der Waals surface area (Å²) in [5.74, 6) is 2.46. The number of allylic oxidation sites excluding steroid dienone is 1. The van der Waals surface area contributed by atoms with Crippen LogP contribution in [-0.2, 0) is 22.8 Å². The van der Waals surface area contributed by atoms with Gasteiger partial charge in [0.25, 0.3) is 0 Å². The number of hydrogen-bond donors (Lipinski definition) is 1. The molecular weight excluding hydrogens is 483 g/mol. The Hall–Kier alpha value is -1.93. The summed E-state index contributed by atoms with van der Waals surface area (Å²) in [6, 6.07) is 11.6. The predicted octanol–water partition coefficient (Wildman–Crippen LogP) is 6.55. The molecule has 0 fully saturated rings. The van der Waals surface area contributed by atoms with Crippen LogP contribution in [0.15, 0.2) is 54.2 Å². The van der Waals surface area contributed by atoms with E-state index in [0.29, 0.717) is 27.5 Å². The fourth-order valence-electron chi connectivity index (χ4n) is 3.00. The molecule has 1 heterocycles. The number of carbonyl (C=O) groups is 1. The van der Waals surface area contributed by atoms with Crippen molar-refractivity contribution >= 4 is 58.3 Å². The molecule has 0 spiro atoms. The first kappa shape index (κ1) is 24.7. The normalized spacial score (nSPS) is 10.9. The van der Waals surface area contributed by atoms with Crippen LogP contribution in [0.5, 0.6) is 0 Å². The van der Waals surface area contributed by atoms with Crippen LogP contribution in [0.4, 0.5) is 5.69 Å². The number of benzene rings is 2. The van der Waals surface area contributed by atoms with Gasteiger partial charge in [-0.3, -0.25) is 4.79 Å². The van der Waals surface area contributed by atoms with E-state index < -0.39 is 0 Å². The lowest BCUT2D eigenvalue weighted by molar-refractivity contribution is -0.113. The van der Waals surface area contributed by atoms with Crippen LogP contribution in [0, 0.1) is 13.8 Å². The zero-order valence-electron chi connectivity index (χ0n) is 17.9. The van der Waals surface area contributed by atoms with Gasteiger partial charge in [0.15, 0.2) is 5.16 Å². The van der Waals surface area contributed by atoms with E-state index in [0.717, 1.165) is 34.0 Å². The largest absolute Gasteiger partial charge is 0.325 e. The van der Waals surface area contributed by atoms with Gasteiger partial charge in [0.2, 0.25) is 5.91 Å². The van der Waals surface area contributed by atoms with E-state index in [2.05, 4.69) is 22.1 Å². The molecule has 32 heavy (non-hydrogen) atoms. The molecule has 0 atom stereocenters. The molecule has 0 unspecified atom stereocenters. The quantitative estimate of drug-likeness (QED) is 0.249. The summed E-state index contributed by atoms with van der Waals surface area (Å²) >= 11 is 15.1. The number of amides is 1. The molecule has 0 aliphatic carbocycles. The Labute approximate surface area is 207 Å². The minimum atomic E-state index is -0.0781. The second kappa shape index (κ2) is 11.8. The monoisotopic (exact) mass is 506 g/mol. The molecule has 1 aromatic heterocycles. The summed E-state index contributed by atoms with van der Waals surface area (Å²) in [5.41, 5.74) is 4.13. The van der Waals surface area contributed by atoms with Crippen molar-refractivity contribution in [3.63, 3.8) is 0 Å². The average Bonchev–Trinajstić information content (AvgIpc) is 3.13. The summed E-state index contributed by atoms with van der Waals surface area (Å²) in [4.78, 5) is 12.4. The van der Waals surface area contributed by atoms with Crippen molar-refractivity contribution in [2.75, 3.05) is 11.1 Å². The zero-order valence-corrected chi connectivity index (χ0v) is 21.0. The summed E-state index contributed by atoms with van der Waals surface area (Å²) in [5, 5.41) is 13.4. The summed E-state index contributed by atoms with van der Waals surface area (Å²) in [7, 11) is 0. The summed E-state index contributed by atoms with van der Waals surface area (Å²) < 4.78 is 1.99. The highest BCUT2D eigenvalue weighted by molar-refractivity contribution is 7.99. The fourth-order valence-corrected chi connectivity index (χ4v) is 5.01. The first-order chi connectivity index (χ1) is 15.4. The number of nitrogens with zero attached hydrogens (tertiary/aromatic N) is 3. The molecule has 3 aromatic rings. The Kier molecular flexibility index (Phi) is 9.11. The number of hydrogen-bond acceptors (Lipinski definition) is 5. The lowest BCUT2D eigenvalue weighted by Crippen LogP contribution is -2.15. The van der Waals surface area contributed by atoms with E-state index in [1.54, 1.807) is 23.9 Å². The van der Waals surface area contributed by atoms with Crippen molar-refractivity contribution in [3.8, 4) is 0 Å². The summed E-state index contributed by atoms with van der Waals surface area (Å²) in [6.07, 6.45) is 1.80. The topological polar surface area (TPSA) is 59.8 Å². The van der Waals surface area contributed by atoms with Crippen molar-refractivity contribution in [2.45, 2.75) is 37.1 Å². The van der Waals surface area contributed by atoms with E-state index in [1.807, 2.05) is 48.7 Å². The van der Waals surface area contributed by atoms with Crippen molar-refractivity contribution in [3.05, 3.63) is 81.6 Å². The van der Waals surface area contributed by atoms with Gasteiger partial charge < -0.3 is 9.88 Å². The minimum Gasteiger partial charge on any atom is -0.325 e. The molecule has 9 heteroatoms. The highest BCUT2D eigenvalue weighted by atomic mass is 35.5. The maximum atomic E-state index is 12.4. The maximum Gasteiger partial charge on any atom is 0.234 e. The fraction of sp³-hybridized carbons (Fsp3) is 0.261. The Bertz CT molecular complexity index is 1120. The van der Waals surface area contributed by atoms with E-state index in [1.165, 1.54) is 11.8 Å². The number of rotatable bonds is 10. The molecule has 2 aromatic carbocycles. The van der Waals surface area contributed by atoms with E-state index in [9.17, 15) is 4.79 Å². The van der Waals surface area contributed by atoms with Crippen molar-refractivity contribution in [1.29, 1.82) is 0 Å². The SMILES string of the molecule is C=CCn1c(CSCc2ccc(Cl)c(Cl)c2)nnc1SCC(=O)Nc1ccc(C)cc1C. The number of halogens is 2. The lowest BCUT2D eigenvalue weighted by Gasteiger charge is -2.10. The molecule has 0 saturated heterocycles. The van der Waals surface area contributed by atoms with Crippen LogP contribution in [0.3, 0.4) is 0 Å². The van der Waals surface area contributed by atoms with Gasteiger partial charge in [0.1, 0.15) is 5.82 Å².